The number of carbonyl (C=O) groups excluding carboxylic acids is 1. The number of benzene rings is 1. The van der Waals surface area contributed by atoms with Crippen LogP contribution in [0.4, 0.5) is 4.39 Å². The van der Waals surface area contributed by atoms with E-state index in [0.29, 0.717) is 18.2 Å². The van der Waals surface area contributed by atoms with Crippen LogP contribution in [0, 0.1) is 5.82 Å². The van der Waals surface area contributed by atoms with E-state index in [-0.39, 0.29) is 11.7 Å². The fourth-order valence-electron chi connectivity index (χ4n) is 2.05. The first-order valence-corrected chi connectivity index (χ1v) is 6.06. The Balaban J connectivity index is 1.95. The van der Waals surface area contributed by atoms with Gasteiger partial charge in [-0.15, -0.1) is 0 Å². The second-order valence-corrected chi connectivity index (χ2v) is 4.35. The lowest BCUT2D eigenvalue weighted by Crippen LogP contribution is -2.37. The Labute approximate surface area is 106 Å². The van der Waals surface area contributed by atoms with Gasteiger partial charge in [0.25, 0.3) is 5.91 Å². The Morgan fingerprint density at radius 2 is 2.44 bits per heavy atom. The standard InChI is InChI=1S/C13H17FN2O2/c1-18-12-7-9(4-5-11(12)14)13(17)16-8-10-3-2-6-15-10/h4-5,7,10,15H,2-3,6,8H2,1H3,(H,16,17). The molecular formula is C13H17FN2O2. The minimum atomic E-state index is -0.466. The molecule has 2 N–H and O–H groups in total. The maximum Gasteiger partial charge on any atom is 0.251 e. The minimum Gasteiger partial charge on any atom is -0.494 e. The molecule has 1 saturated heterocycles. The molecule has 1 aliphatic heterocycles. The van der Waals surface area contributed by atoms with Gasteiger partial charge >= 0.3 is 0 Å². The first kappa shape index (κ1) is 12.8. The Hall–Kier alpha value is -1.62. The zero-order valence-corrected chi connectivity index (χ0v) is 10.3. The quantitative estimate of drug-likeness (QED) is 0.849. The van der Waals surface area contributed by atoms with Crippen molar-refractivity contribution >= 4 is 5.91 Å². The second-order valence-electron chi connectivity index (χ2n) is 4.35. The Kier molecular flexibility index (Phi) is 4.15. The molecule has 1 atom stereocenters. The van der Waals surface area contributed by atoms with E-state index >= 15 is 0 Å². The number of ether oxygens (including phenoxy) is 1. The summed E-state index contributed by atoms with van der Waals surface area (Å²) in [5.41, 5.74) is 0.409. The van der Waals surface area contributed by atoms with Gasteiger partial charge in [0, 0.05) is 18.2 Å². The number of hydrogen-bond acceptors (Lipinski definition) is 3. The third-order valence-corrected chi connectivity index (χ3v) is 3.08. The maximum absolute atomic E-state index is 13.2. The van der Waals surface area contributed by atoms with Crippen LogP contribution in [0.1, 0.15) is 23.2 Å². The van der Waals surface area contributed by atoms with E-state index in [1.165, 1.54) is 25.3 Å². The lowest BCUT2D eigenvalue weighted by molar-refractivity contribution is 0.0950. The first-order chi connectivity index (χ1) is 8.70. The first-order valence-electron chi connectivity index (χ1n) is 6.06. The molecule has 1 unspecified atom stereocenters. The Morgan fingerprint density at radius 1 is 1.61 bits per heavy atom. The zero-order valence-electron chi connectivity index (χ0n) is 10.3. The molecular weight excluding hydrogens is 235 g/mol. The summed E-state index contributed by atoms with van der Waals surface area (Å²) in [5.74, 6) is -0.588. The molecule has 0 spiro atoms. The summed E-state index contributed by atoms with van der Waals surface area (Å²) < 4.78 is 18.0. The lowest BCUT2D eigenvalue weighted by atomic mass is 10.2. The normalized spacial score (nSPS) is 18.7. The highest BCUT2D eigenvalue weighted by atomic mass is 19.1. The fraction of sp³-hybridized carbons (Fsp3) is 0.462. The van der Waals surface area contributed by atoms with Gasteiger partial charge in [0.1, 0.15) is 0 Å². The van der Waals surface area contributed by atoms with Crippen molar-refractivity contribution < 1.29 is 13.9 Å². The summed E-state index contributed by atoms with van der Waals surface area (Å²) in [6.45, 7) is 1.60. The van der Waals surface area contributed by atoms with Crippen LogP contribution in [0.2, 0.25) is 0 Å². The van der Waals surface area contributed by atoms with E-state index in [2.05, 4.69) is 10.6 Å². The molecule has 4 nitrogen and oxygen atoms in total. The number of hydrogen-bond donors (Lipinski definition) is 2. The third-order valence-electron chi connectivity index (χ3n) is 3.08. The van der Waals surface area contributed by atoms with Crippen LogP contribution in [0.15, 0.2) is 18.2 Å². The highest BCUT2D eigenvalue weighted by Gasteiger charge is 2.16. The van der Waals surface area contributed by atoms with Crippen molar-refractivity contribution in [2.75, 3.05) is 20.2 Å². The highest BCUT2D eigenvalue weighted by Crippen LogP contribution is 2.18. The number of amides is 1. The van der Waals surface area contributed by atoms with Gasteiger partial charge in [0.2, 0.25) is 0 Å². The van der Waals surface area contributed by atoms with Gasteiger partial charge < -0.3 is 15.4 Å². The SMILES string of the molecule is COc1cc(C(=O)NCC2CCCN2)ccc1F. The van der Waals surface area contributed by atoms with Crippen molar-refractivity contribution in [2.24, 2.45) is 0 Å². The molecule has 1 aliphatic rings. The van der Waals surface area contributed by atoms with Gasteiger partial charge in [0.05, 0.1) is 7.11 Å². The van der Waals surface area contributed by atoms with E-state index in [0.717, 1.165) is 19.4 Å². The zero-order chi connectivity index (χ0) is 13.0. The van der Waals surface area contributed by atoms with Gasteiger partial charge in [-0.1, -0.05) is 0 Å². The summed E-state index contributed by atoms with van der Waals surface area (Å²) >= 11 is 0. The maximum atomic E-state index is 13.2. The number of methoxy groups -OCH3 is 1. The van der Waals surface area contributed by atoms with E-state index in [9.17, 15) is 9.18 Å². The van der Waals surface area contributed by atoms with E-state index in [1.807, 2.05) is 0 Å². The molecule has 0 bridgehead atoms. The van der Waals surface area contributed by atoms with Crippen molar-refractivity contribution in [1.29, 1.82) is 0 Å². The molecule has 2 rings (SSSR count). The largest absolute Gasteiger partial charge is 0.494 e. The smallest absolute Gasteiger partial charge is 0.251 e. The Bertz CT molecular complexity index is 431. The molecule has 1 aromatic rings. The van der Waals surface area contributed by atoms with Crippen LogP contribution in [0.25, 0.3) is 0 Å². The van der Waals surface area contributed by atoms with Crippen molar-refractivity contribution in [3.63, 3.8) is 0 Å². The predicted octanol–water partition coefficient (Wildman–Crippen LogP) is 1.32. The summed E-state index contributed by atoms with van der Waals surface area (Å²) in [5, 5.41) is 6.13. The summed E-state index contributed by atoms with van der Waals surface area (Å²) in [7, 11) is 1.38. The molecule has 1 heterocycles. The van der Waals surface area contributed by atoms with Crippen LogP contribution in [-0.2, 0) is 0 Å². The van der Waals surface area contributed by atoms with Crippen molar-refractivity contribution in [3.8, 4) is 5.75 Å². The second kappa shape index (κ2) is 5.82. The lowest BCUT2D eigenvalue weighted by Gasteiger charge is -2.12. The van der Waals surface area contributed by atoms with E-state index < -0.39 is 5.82 Å². The Morgan fingerprint density at radius 3 is 3.11 bits per heavy atom. The average molecular weight is 252 g/mol. The van der Waals surface area contributed by atoms with Gasteiger partial charge in [-0.05, 0) is 37.6 Å². The van der Waals surface area contributed by atoms with E-state index in [4.69, 9.17) is 4.74 Å². The van der Waals surface area contributed by atoms with Crippen LogP contribution in [-0.4, -0.2) is 32.1 Å². The van der Waals surface area contributed by atoms with Crippen LogP contribution >= 0.6 is 0 Å². The predicted molar refractivity (Wildman–Crippen MR) is 66.3 cm³/mol. The van der Waals surface area contributed by atoms with Gasteiger partial charge in [-0.25, -0.2) is 4.39 Å². The van der Waals surface area contributed by atoms with Gasteiger partial charge in [-0.2, -0.15) is 0 Å². The van der Waals surface area contributed by atoms with Crippen LogP contribution in [0.5, 0.6) is 5.75 Å². The van der Waals surface area contributed by atoms with Gasteiger partial charge in [-0.3, -0.25) is 4.79 Å². The number of halogens is 1. The monoisotopic (exact) mass is 252 g/mol. The van der Waals surface area contributed by atoms with Crippen LogP contribution in [0.3, 0.4) is 0 Å². The average Bonchev–Trinajstić information content (AvgIpc) is 2.89. The van der Waals surface area contributed by atoms with Crippen molar-refractivity contribution in [2.45, 2.75) is 18.9 Å². The molecule has 18 heavy (non-hydrogen) atoms. The number of rotatable bonds is 4. The van der Waals surface area contributed by atoms with Crippen LogP contribution < -0.4 is 15.4 Å². The van der Waals surface area contributed by atoms with E-state index in [1.54, 1.807) is 0 Å². The third kappa shape index (κ3) is 2.98. The molecule has 0 aromatic heterocycles. The highest BCUT2D eigenvalue weighted by molar-refractivity contribution is 5.94. The van der Waals surface area contributed by atoms with Crippen molar-refractivity contribution in [1.82, 2.24) is 10.6 Å². The summed E-state index contributed by atoms with van der Waals surface area (Å²) in [6.07, 6.45) is 2.22. The summed E-state index contributed by atoms with van der Waals surface area (Å²) in [6, 6.07) is 4.44. The molecule has 0 radical (unpaired) electrons. The topological polar surface area (TPSA) is 50.4 Å². The number of nitrogens with one attached hydrogen (secondary N) is 2. The molecule has 98 valence electrons. The summed E-state index contributed by atoms with van der Waals surface area (Å²) in [4.78, 5) is 11.9. The minimum absolute atomic E-state index is 0.0849. The van der Waals surface area contributed by atoms with Crippen molar-refractivity contribution in [3.05, 3.63) is 29.6 Å². The molecule has 1 aromatic carbocycles. The molecule has 1 fully saturated rings. The molecule has 0 saturated carbocycles. The number of carbonyl (C=O) groups is 1. The fourth-order valence-corrected chi connectivity index (χ4v) is 2.05. The molecule has 0 aliphatic carbocycles. The molecule has 5 heteroatoms. The molecule has 1 amide bonds. The van der Waals surface area contributed by atoms with Gasteiger partial charge in [0.15, 0.2) is 11.6 Å².